The van der Waals surface area contributed by atoms with Crippen LogP contribution in [0.5, 0.6) is 0 Å². The average molecular weight is 275 g/mol. The summed E-state index contributed by atoms with van der Waals surface area (Å²) in [6.45, 7) is 0. The van der Waals surface area contributed by atoms with E-state index < -0.39 is 0 Å². The Bertz CT molecular complexity index is 881. The van der Waals surface area contributed by atoms with E-state index in [1.165, 1.54) is 4.90 Å². The number of amides is 2. The van der Waals surface area contributed by atoms with Gasteiger partial charge in [0.05, 0.1) is 23.0 Å². The fourth-order valence-electron chi connectivity index (χ4n) is 2.67. The fourth-order valence-corrected chi connectivity index (χ4v) is 2.67. The number of nitrogens with zero attached hydrogens (tertiary/aromatic N) is 2. The highest BCUT2D eigenvalue weighted by Crippen LogP contribution is 2.28. The number of nitrogens with one attached hydrogen (secondary N) is 1. The van der Waals surface area contributed by atoms with E-state index in [1.54, 1.807) is 30.5 Å². The summed E-state index contributed by atoms with van der Waals surface area (Å²) in [6, 6.07) is 8.67. The molecule has 5 nitrogen and oxygen atoms in total. The number of rotatable bonds is 1. The molecule has 0 atom stereocenters. The first-order valence-corrected chi connectivity index (χ1v) is 6.58. The summed E-state index contributed by atoms with van der Waals surface area (Å²) in [5.41, 5.74) is 3.14. The van der Waals surface area contributed by atoms with Gasteiger partial charge in [-0.3, -0.25) is 9.59 Å². The van der Waals surface area contributed by atoms with Crippen LogP contribution in [-0.2, 0) is 0 Å². The molecule has 1 N–H and O–H groups in total. The fraction of sp³-hybridized carbons (Fsp3) is 0. The maximum atomic E-state index is 12.4. The number of aromatic amines is 1. The Morgan fingerprint density at radius 1 is 1.10 bits per heavy atom. The van der Waals surface area contributed by atoms with E-state index in [0.717, 1.165) is 16.5 Å². The van der Waals surface area contributed by atoms with E-state index in [0.29, 0.717) is 16.8 Å². The molecular formula is C15H10BN3O2. The molecule has 0 fully saturated rings. The van der Waals surface area contributed by atoms with Crippen LogP contribution in [-0.4, -0.2) is 29.6 Å². The summed E-state index contributed by atoms with van der Waals surface area (Å²) >= 11 is 0. The Hall–Kier alpha value is -2.89. The normalized spacial score (nSPS) is 14.0. The monoisotopic (exact) mass is 275 g/mol. The second-order valence-corrected chi connectivity index (χ2v) is 5.05. The number of H-pyrrole nitrogens is 1. The van der Waals surface area contributed by atoms with E-state index >= 15 is 0 Å². The van der Waals surface area contributed by atoms with Gasteiger partial charge in [0.2, 0.25) is 0 Å². The van der Waals surface area contributed by atoms with Crippen molar-refractivity contribution in [3.05, 3.63) is 53.9 Å². The molecule has 0 radical (unpaired) electrons. The third kappa shape index (κ3) is 1.56. The predicted molar refractivity (Wildman–Crippen MR) is 81.9 cm³/mol. The Balaban J connectivity index is 1.88. The molecule has 3 aromatic rings. The van der Waals surface area contributed by atoms with Crippen molar-refractivity contribution in [2.24, 2.45) is 0 Å². The number of carbonyl (C=O) groups is 2. The van der Waals surface area contributed by atoms with Crippen LogP contribution in [0.4, 0.5) is 5.69 Å². The van der Waals surface area contributed by atoms with Crippen molar-refractivity contribution < 1.29 is 9.59 Å². The molecule has 1 aliphatic rings. The zero-order chi connectivity index (χ0) is 14.6. The van der Waals surface area contributed by atoms with Crippen LogP contribution in [0.15, 0.2) is 42.7 Å². The van der Waals surface area contributed by atoms with Gasteiger partial charge in [-0.1, -0.05) is 17.6 Å². The zero-order valence-electron chi connectivity index (χ0n) is 11.3. The lowest BCUT2D eigenvalue weighted by molar-refractivity contribution is 0.0926. The summed E-state index contributed by atoms with van der Waals surface area (Å²) in [4.78, 5) is 33.4. The molecule has 0 unspecified atom stereocenters. The van der Waals surface area contributed by atoms with Gasteiger partial charge in [-0.15, -0.1) is 0 Å². The molecule has 0 aliphatic carbocycles. The highest BCUT2D eigenvalue weighted by Gasteiger charge is 2.36. The standard InChI is InChI=1S/C15H10BN3O2/c16-12-7-18-13-11(12)5-8(6-17-13)19-14(20)9-3-1-2-4-10(9)15(19)21/h1-7H,16H2,(H,17,18). The van der Waals surface area contributed by atoms with Crippen molar-refractivity contribution in [2.75, 3.05) is 4.90 Å². The molecule has 0 spiro atoms. The highest BCUT2D eigenvalue weighted by atomic mass is 16.2. The van der Waals surface area contributed by atoms with Crippen molar-refractivity contribution >= 4 is 41.8 Å². The molecule has 100 valence electrons. The van der Waals surface area contributed by atoms with Crippen LogP contribution >= 0.6 is 0 Å². The van der Waals surface area contributed by atoms with Crippen LogP contribution in [0.2, 0.25) is 0 Å². The van der Waals surface area contributed by atoms with Crippen molar-refractivity contribution in [3.8, 4) is 0 Å². The van der Waals surface area contributed by atoms with Crippen LogP contribution in [0.1, 0.15) is 20.7 Å². The number of hydrogen-bond acceptors (Lipinski definition) is 3. The number of aromatic nitrogens is 2. The minimum atomic E-state index is -0.301. The van der Waals surface area contributed by atoms with Gasteiger partial charge >= 0.3 is 0 Å². The van der Waals surface area contributed by atoms with Crippen molar-refractivity contribution in [1.82, 2.24) is 9.97 Å². The van der Waals surface area contributed by atoms with Gasteiger partial charge in [-0.2, -0.15) is 0 Å². The maximum absolute atomic E-state index is 12.4. The van der Waals surface area contributed by atoms with Crippen molar-refractivity contribution in [3.63, 3.8) is 0 Å². The lowest BCUT2D eigenvalue weighted by Crippen LogP contribution is -2.29. The second kappa shape index (κ2) is 4.05. The number of hydrogen-bond donors (Lipinski definition) is 1. The third-order valence-electron chi connectivity index (χ3n) is 3.78. The smallest absolute Gasteiger partial charge is 0.266 e. The predicted octanol–water partition coefficient (Wildman–Crippen LogP) is 0.622. The summed E-state index contributed by atoms with van der Waals surface area (Å²) < 4.78 is 0. The van der Waals surface area contributed by atoms with E-state index in [9.17, 15) is 9.59 Å². The molecule has 21 heavy (non-hydrogen) atoms. The van der Waals surface area contributed by atoms with Gasteiger partial charge in [0, 0.05) is 5.39 Å². The van der Waals surface area contributed by atoms with E-state index in [2.05, 4.69) is 9.97 Å². The van der Waals surface area contributed by atoms with Gasteiger partial charge < -0.3 is 4.98 Å². The average Bonchev–Trinajstić information content (AvgIpc) is 2.99. The van der Waals surface area contributed by atoms with Crippen molar-refractivity contribution in [2.45, 2.75) is 0 Å². The van der Waals surface area contributed by atoms with E-state index in [-0.39, 0.29) is 11.8 Å². The SMILES string of the molecule is Bc1c[nH]c2ncc(N3C(=O)c4ccccc4C3=O)cc12. The quantitative estimate of drug-likeness (QED) is 0.523. The van der Waals surface area contributed by atoms with Crippen LogP contribution in [0.3, 0.4) is 0 Å². The number of carbonyl (C=O) groups excluding carboxylic acids is 2. The zero-order valence-corrected chi connectivity index (χ0v) is 11.3. The molecule has 0 saturated heterocycles. The lowest BCUT2D eigenvalue weighted by Gasteiger charge is -2.13. The van der Waals surface area contributed by atoms with Crippen LogP contribution in [0, 0.1) is 0 Å². The number of benzene rings is 1. The molecule has 2 amide bonds. The van der Waals surface area contributed by atoms with E-state index in [1.807, 2.05) is 20.1 Å². The van der Waals surface area contributed by atoms with Crippen LogP contribution < -0.4 is 10.4 Å². The minimum Gasteiger partial charge on any atom is -0.347 e. The molecule has 3 heterocycles. The molecule has 2 aromatic heterocycles. The van der Waals surface area contributed by atoms with Gasteiger partial charge in [0.25, 0.3) is 11.8 Å². The topological polar surface area (TPSA) is 66.1 Å². The van der Waals surface area contributed by atoms with Crippen LogP contribution in [0.25, 0.3) is 11.0 Å². The minimum absolute atomic E-state index is 0.301. The Morgan fingerprint density at radius 3 is 2.43 bits per heavy atom. The Morgan fingerprint density at radius 2 is 1.76 bits per heavy atom. The number of pyridine rings is 1. The molecular weight excluding hydrogens is 265 g/mol. The second-order valence-electron chi connectivity index (χ2n) is 5.05. The third-order valence-corrected chi connectivity index (χ3v) is 3.78. The maximum Gasteiger partial charge on any atom is 0.266 e. The number of anilines is 1. The van der Waals surface area contributed by atoms with Gasteiger partial charge in [-0.05, 0) is 24.4 Å². The van der Waals surface area contributed by atoms with Gasteiger partial charge in [-0.25, -0.2) is 9.88 Å². The number of fused-ring (bicyclic) bond motifs is 2. The Kier molecular flexibility index (Phi) is 2.30. The van der Waals surface area contributed by atoms with Gasteiger partial charge in [0.1, 0.15) is 13.5 Å². The molecule has 1 aromatic carbocycles. The largest absolute Gasteiger partial charge is 0.347 e. The molecule has 6 heteroatoms. The molecule has 0 bridgehead atoms. The molecule has 0 saturated carbocycles. The number of imide groups is 1. The van der Waals surface area contributed by atoms with Crippen molar-refractivity contribution in [1.29, 1.82) is 0 Å². The lowest BCUT2D eigenvalue weighted by atomic mass is 9.97. The highest BCUT2D eigenvalue weighted by molar-refractivity contribution is 6.39. The Labute approximate surface area is 121 Å². The first kappa shape index (κ1) is 11.9. The van der Waals surface area contributed by atoms with E-state index in [4.69, 9.17) is 0 Å². The molecule has 4 rings (SSSR count). The summed E-state index contributed by atoms with van der Waals surface area (Å²) in [5.74, 6) is -0.602. The molecule has 1 aliphatic heterocycles. The van der Waals surface area contributed by atoms with Gasteiger partial charge in [0.15, 0.2) is 0 Å². The first-order valence-electron chi connectivity index (χ1n) is 6.58. The summed E-state index contributed by atoms with van der Waals surface area (Å²) in [7, 11) is 1.95. The first-order chi connectivity index (χ1) is 10.2. The summed E-state index contributed by atoms with van der Waals surface area (Å²) in [5, 5.41) is 0.907. The summed E-state index contributed by atoms with van der Waals surface area (Å²) in [6.07, 6.45) is 3.39.